The molecule has 0 aromatic heterocycles. The average Bonchev–Trinajstić information content (AvgIpc) is 2.45. The lowest BCUT2D eigenvalue weighted by atomic mass is 10.2. The van der Waals surface area contributed by atoms with Crippen LogP contribution in [0.3, 0.4) is 0 Å². The Morgan fingerprint density at radius 1 is 0.857 bits per heavy atom. The molecule has 0 radical (unpaired) electrons. The maximum atomic E-state index is 13.1. The van der Waals surface area contributed by atoms with E-state index in [-0.39, 0.29) is 10.5 Å². The highest BCUT2D eigenvalue weighted by molar-refractivity contribution is 7.95. The maximum Gasteiger partial charge on any atom is 0.427 e. The van der Waals surface area contributed by atoms with Gasteiger partial charge in [-0.3, -0.25) is 0 Å². The third-order valence-electron chi connectivity index (χ3n) is 2.72. The molecule has 0 bridgehead atoms. The van der Waals surface area contributed by atoms with E-state index in [1.807, 2.05) is 0 Å². The van der Waals surface area contributed by atoms with Crippen LogP contribution in [0.5, 0.6) is 0 Å². The number of rotatable bonds is 3. The fourth-order valence-electron chi connectivity index (χ4n) is 1.74. The number of benzene rings is 2. The van der Waals surface area contributed by atoms with Gasteiger partial charge in [-0.15, -0.1) is 0 Å². The molecule has 21 heavy (non-hydrogen) atoms. The van der Waals surface area contributed by atoms with Crippen molar-refractivity contribution in [1.29, 1.82) is 0 Å². The van der Waals surface area contributed by atoms with Crippen LogP contribution in [0.1, 0.15) is 5.56 Å². The fourth-order valence-corrected chi connectivity index (χ4v) is 3.10. The van der Waals surface area contributed by atoms with E-state index in [4.69, 9.17) is 0 Å². The largest absolute Gasteiger partial charge is 0.427 e. The molecular weight excluding hydrogens is 301 g/mol. The van der Waals surface area contributed by atoms with Crippen molar-refractivity contribution in [3.63, 3.8) is 0 Å². The van der Waals surface area contributed by atoms with Crippen LogP contribution >= 0.6 is 0 Å². The third-order valence-corrected chi connectivity index (χ3v) is 4.54. The van der Waals surface area contributed by atoms with Crippen LogP contribution in [0.25, 0.3) is 6.08 Å². The van der Waals surface area contributed by atoms with E-state index in [1.54, 1.807) is 6.07 Å². The van der Waals surface area contributed by atoms with Crippen molar-refractivity contribution >= 4 is 15.9 Å². The average molecular weight is 312 g/mol. The minimum Gasteiger partial charge on any atom is -0.219 e. The highest BCUT2D eigenvalue weighted by Gasteiger charge is 2.43. The summed E-state index contributed by atoms with van der Waals surface area (Å²) in [6.07, 6.45) is -4.33. The number of hydrogen-bond donors (Lipinski definition) is 0. The second-order valence-corrected chi connectivity index (χ2v) is 6.15. The van der Waals surface area contributed by atoms with Gasteiger partial charge in [0.2, 0.25) is 9.84 Å². The Hall–Kier alpha value is -2.08. The van der Waals surface area contributed by atoms with E-state index in [9.17, 15) is 21.6 Å². The fraction of sp³-hybridized carbons (Fsp3) is 0.0667. The summed E-state index contributed by atoms with van der Waals surface area (Å²) >= 11 is 0. The summed E-state index contributed by atoms with van der Waals surface area (Å²) in [6.45, 7) is 0. The Balaban J connectivity index is 2.60. The van der Waals surface area contributed by atoms with Crippen LogP contribution in [-0.4, -0.2) is 14.6 Å². The molecule has 0 heterocycles. The molecule has 0 fully saturated rings. The SMILES string of the molecule is O=S(=O)(/C(=C/c1ccccc1)C(F)(F)F)c1ccccc1. The molecule has 0 aliphatic rings. The highest BCUT2D eigenvalue weighted by atomic mass is 32.2. The van der Waals surface area contributed by atoms with Crippen molar-refractivity contribution in [2.45, 2.75) is 11.1 Å². The molecule has 0 N–H and O–H groups in total. The summed E-state index contributed by atoms with van der Waals surface area (Å²) in [5.41, 5.74) is 0.171. The molecular formula is C15H11F3O2S. The molecule has 0 atom stereocenters. The van der Waals surface area contributed by atoms with E-state index in [0.29, 0.717) is 6.08 Å². The summed E-state index contributed by atoms with van der Waals surface area (Å²) in [6, 6.07) is 14.1. The van der Waals surface area contributed by atoms with Crippen LogP contribution in [0, 0.1) is 0 Å². The van der Waals surface area contributed by atoms with Gasteiger partial charge in [0.15, 0.2) is 4.91 Å². The molecule has 0 amide bonds. The van der Waals surface area contributed by atoms with Crippen LogP contribution in [0.15, 0.2) is 70.5 Å². The van der Waals surface area contributed by atoms with Crippen molar-refractivity contribution in [3.8, 4) is 0 Å². The molecule has 2 aromatic carbocycles. The van der Waals surface area contributed by atoms with E-state index in [1.165, 1.54) is 42.5 Å². The van der Waals surface area contributed by atoms with E-state index < -0.39 is 20.9 Å². The van der Waals surface area contributed by atoms with Crippen LogP contribution < -0.4 is 0 Å². The number of halogens is 3. The lowest BCUT2D eigenvalue weighted by molar-refractivity contribution is -0.0836. The number of alkyl halides is 3. The molecule has 2 rings (SSSR count). The third kappa shape index (κ3) is 3.52. The molecule has 0 spiro atoms. The van der Waals surface area contributed by atoms with Gasteiger partial charge in [0.25, 0.3) is 0 Å². The van der Waals surface area contributed by atoms with E-state index in [2.05, 4.69) is 0 Å². The molecule has 0 saturated carbocycles. The van der Waals surface area contributed by atoms with Crippen LogP contribution in [0.4, 0.5) is 13.2 Å². The molecule has 0 aliphatic heterocycles. The van der Waals surface area contributed by atoms with Crippen molar-refractivity contribution in [1.82, 2.24) is 0 Å². The van der Waals surface area contributed by atoms with Gasteiger partial charge in [0.1, 0.15) is 0 Å². The number of sulfone groups is 1. The molecule has 0 saturated heterocycles. The first-order chi connectivity index (χ1) is 9.82. The van der Waals surface area contributed by atoms with Crippen molar-refractivity contribution in [3.05, 3.63) is 71.1 Å². The highest BCUT2D eigenvalue weighted by Crippen LogP contribution is 2.35. The summed E-state index contributed by atoms with van der Waals surface area (Å²) < 4.78 is 63.8. The molecule has 6 heteroatoms. The van der Waals surface area contributed by atoms with Gasteiger partial charge in [0, 0.05) is 0 Å². The lowest BCUT2D eigenvalue weighted by Crippen LogP contribution is -2.20. The summed E-state index contributed by atoms with van der Waals surface area (Å²) in [7, 11) is -4.62. The van der Waals surface area contributed by atoms with E-state index in [0.717, 1.165) is 12.1 Å². The standard InChI is InChI=1S/C15H11F3O2S/c16-15(17,18)14(11-12-7-3-1-4-8-12)21(19,20)13-9-5-2-6-10-13/h1-11H/b14-11+. The summed E-state index contributed by atoms with van der Waals surface area (Å²) in [5, 5.41) is 0. The maximum absolute atomic E-state index is 13.1. The molecule has 110 valence electrons. The zero-order chi connectivity index (χ0) is 15.5. The van der Waals surface area contributed by atoms with Gasteiger partial charge < -0.3 is 0 Å². The first-order valence-corrected chi connectivity index (χ1v) is 7.44. The van der Waals surface area contributed by atoms with Crippen molar-refractivity contribution in [2.24, 2.45) is 0 Å². The normalized spacial score (nSPS) is 13.2. The van der Waals surface area contributed by atoms with Crippen LogP contribution in [0.2, 0.25) is 0 Å². The van der Waals surface area contributed by atoms with Gasteiger partial charge in [-0.1, -0.05) is 48.5 Å². The van der Waals surface area contributed by atoms with Gasteiger partial charge in [-0.05, 0) is 23.8 Å². The first-order valence-electron chi connectivity index (χ1n) is 5.96. The zero-order valence-electron chi connectivity index (χ0n) is 10.7. The summed E-state index contributed by atoms with van der Waals surface area (Å²) in [4.78, 5) is -1.96. The second kappa shape index (κ2) is 5.73. The number of hydrogen-bond acceptors (Lipinski definition) is 2. The Labute approximate surface area is 120 Å². The molecule has 2 nitrogen and oxygen atoms in total. The quantitative estimate of drug-likeness (QED) is 0.856. The molecule has 0 aliphatic carbocycles. The first kappa shape index (κ1) is 15.3. The van der Waals surface area contributed by atoms with Crippen molar-refractivity contribution < 1.29 is 21.6 Å². The van der Waals surface area contributed by atoms with Gasteiger partial charge in [-0.25, -0.2) is 8.42 Å². The Bertz CT molecular complexity index is 733. The Morgan fingerprint density at radius 3 is 1.81 bits per heavy atom. The van der Waals surface area contributed by atoms with E-state index >= 15 is 0 Å². The minimum absolute atomic E-state index is 0.171. The summed E-state index contributed by atoms with van der Waals surface area (Å²) in [5.74, 6) is 0. The van der Waals surface area contributed by atoms with Crippen LogP contribution in [-0.2, 0) is 9.84 Å². The zero-order valence-corrected chi connectivity index (χ0v) is 11.5. The Kier molecular flexibility index (Phi) is 4.18. The number of allylic oxidation sites excluding steroid dienone is 1. The monoisotopic (exact) mass is 312 g/mol. The van der Waals surface area contributed by atoms with Gasteiger partial charge >= 0.3 is 6.18 Å². The Morgan fingerprint density at radius 2 is 1.33 bits per heavy atom. The smallest absolute Gasteiger partial charge is 0.219 e. The van der Waals surface area contributed by atoms with Gasteiger partial charge in [0.05, 0.1) is 4.90 Å². The molecule has 2 aromatic rings. The predicted molar refractivity (Wildman–Crippen MR) is 74.1 cm³/mol. The second-order valence-electron chi connectivity index (χ2n) is 4.23. The van der Waals surface area contributed by atoms with Crippen molar-refractivity contribution in [2.75, 3.05) is 0 Å². The predicted octanol–water partition coefficient (Wildman–Crippen LogP) is 4.06. The van der Waals surface area contributed by atoms with Gasteiger partial charge in [-0.2, -0.15) is 13.2 Å². The lowest BCUT2D eigenvalue weighted by Gasteiger charge is -2.13. The molecule has 0 unspecified atom stereocenters. The topological polar surface area (TPSA) is 34.1 Å². The minimum atomic E-state index is -4.97.